The Balaban J connectivity index is -0.0000000800. The summed E-state index contributed by atoms with van der Waals surface area (Å²) in [6.07, 6.45) is -3.70. The van der Waals surface area contributed by atoms with Crippen molar-refractivity contribution in [3.8, 4) is 0 Å². The van der Waals surface area contributed by atoms with Gasteiger partial charge in [0, 0.05) is 0 Å². The topological polar surface area (TPSA) is 57.5 Å². The molecule has 0 aliphatic heterocycles. The molecule has 3 nitrogen and oxygen atoms in total. The minimum Gasteiger partial charge on any atom is -1.00 e. The zero-order valence-electron chi connectivity index (χ0n) is 4.20. The van der Waals surface area contributed by atoms with Gasteiger partial charge in [0.1, 0.15) is 0 Å². The third-order valence-corrected chi connectivity index (χ3v) is 0. The van der Waals surface area contributed by atoms with Gasteiger partial charge in [-0.05, 0) is 0 Å². The third-order valence-electron chi connectivity index (χ3n) is 0. The Morgan fingerprint density at radius 1 is 1.67 bits per heavy atom. The van der Waals surface area contributed by atoms with Gasteiger partial charge < -0.3 is 1.43 Å². The van der Waals surface area contributed by atoms with Gasteiger partial charge in [-0.1, -0.05) is 0 Å². The second kappa shape index (κ2) is 3.64. The Morgan fingerprint density at radius 3 is 1.67 bits per heavy atom. The molecule has 6 heteroatoms. The van der Waals surface area contributed by atoms with Gasteiger partial charge in [0.05, 0.1) is 0 Å². The average molecular weight is 185 g/mol. The number of hydrogen-bond donors (Lipinski definition) is 2. The second-order valence-electron chi connectivity index (χ2n) is 0.513. The van der Waals surface area contributed by atoms with Crippen molar-refractivity contribution in [3.63, 3.8) is 0 Å². The Bertz CT molecular complexity index is 61.1. The summed E-state index contributed by atoms with van der Waals surface area (Å²) in [6, 6.07) is 0. The predicted molar refractivity (Wildman–Crippen MR) is 20.3 cm³/mol. The Kier molecular flexibility index (Phi) is 6.45. The monoisotopic (exact) mass is 186 g/mol. The van der Waals surface area contributed by atoms with Crippen molar-refractivity contribution < 1.29 is 45.3 Å². The van der Waals surface area contributed by atoms with E-state index in [9.17, 15) is 4.57 Å². The minimum absolute atomic E-state index is 0. The summed E-state index contributed by atoms with van der Waals surface area (Å²) in [5, 5.41) is 0. The second-order valence-corrected chi connectivity index (χ2v) is 4.82. The summed E-state index contributed by atoms with van der Waals surface area (Å²) in [5.41, 5.74) is 0. The maximum atomic E-state index is 9.30. The molecule has 0 bridgehead atoms. The quantitative estimate of drug-likeness (QED) is 0.299. The smallest absolute Gasteiger partial charge is 1.00 e. The van der Waals surface area contributed by atoms with E-state index in [0.29, 0.717) is 0 Å². The van der Waals surface area contributed by atoms with E-state index >= 15 is 0 Å². The Morgan fingerprint density at radius 2 is 1.67 bits per heavy atom. The molecule has 0 aromatic carbocycles. The molecule has 0 unspecified atom stereocenters. The predicted octanol–water partition coefficient (Wildman–Crippen LogP) is -3.90. The molecular weight excluding hydrogens is 181 g/mol. The molecule has 34 valence electrons. The van der Waals surface area contributed by atoms with Gasteiger partial charge in [-0.15, -0.1) is 0 Å². The van der Waals surface area contributed by atoms with Gasteiger partial charge in [0.25, 0.3) is 0 Å². The van der Waals surface area contributed by atoms with Crippen LogP contribution in [0.3, 0.4) is 0 Å². The maximum Gasteiger partial charge on any atom is 1.00 e. The molecule has 0 amide bonds. The first kappa shape index (κ1) is 10.6. The molecule has 2 N–H and O–H groups in total. The van der Waals surface area contributed by atoms with E-state index in [-0.39, 0.29) is 31.0 Å². The van der Waals surface area contributed by atoms with Crippen LogP contribution in [0.15, 0.2) is 0 Å². The van der Waals surface area contributed by atoms with Crippen LogP contribution >= 0.6 is 6.29 Å². The van der Waals surface area contributed by atoms with Gasteiger partial charge >= 0.3 is 65.8 Å². The van der Waals surface area contributed by atoms with Crippen LogP contribution in [0.2, 0.25) is 0 Å². The first-order valence-corrected chi connectivity index (χ1v) is 4.87. The van der Waals surface area contributed by atoms with Crippen LogP contribution in [0.25, 0.3) is 0 Å². The zero-order valence-corrected chi connectivity index (χ0v) is 7.97. The normalized spacial score (nSPS) is 9.83. The molecule has 6 heavy (non-hydrogen) atoms. The summed E-state index contributed by atoms with van der Waals surface area (Å²) in [4.78, 5) is 15.2. The standard InChI is InChI=1S/Na.H3O3PSe.H/c;1-4(2,3)5;/h;(H3,1,2,3,5);/q+1;;-1. The molecule has 0 atom stereocenters. The molecule has 0 saturated heterocycles. The summed E-state index contributed by atoms with van der Waals surface area (Å²) in [7, 11) is 0. The summed E-state index contributed by atoms with van der Waals surface area (Å²) < 4.78 is 9.30. The summed E-state index contributed by atoms with van der Waals surface area (Å²) in [6.45, 7) is 0. The molecule has 0 aromatic rings. The van der Waals surface area contributed by atoms with E-state index in [4.69, 9.17) is 9.79 Å². The fourth-order valence-electron chi connectivity index (χ4n) is 0. The van der Waals surface area contributed by atoms with Crippen molar-refractivity contribution >= 4 is 21.9 Å². The first-order chi connectivity index (χ1) is 2.00. The molecule has 0 heterocycles. The Hall–Kier alpha value is 1.67. The number of hydrogen-bond acceptors (Lipinski definition) is 1. The van der Waals surface area contributed by atoms with Crippen molar-refractivity contribution in [1.82, 2.24) is 0 Å². The van der Waals surface area contributed by atoms with E-state index in [0.717, 1.165) is 0 Å². The third kappa shape index (κ3) is 44.4. The van der Waals surface area contributed by atoms with Crippen LogP contribution in [-0.2, 0) is 4.57 Å². The van der Waals surface area contributed by atoms with E-state index in [1.165, 1.54) is 15.6 Å². The van der Waals surface area contributed by atoms with Gasteiger partial charge in [-0.2, -0.15) is 0 Å². The molecule has 0 aliphatic rings. The molecule has 0 radical (unpaired) electrons. The minimum atomic E-state index is -3.70. The molecule has 0 rings (SSSR count). The van der Waals surface area contributed by atoms with Crippen molar-refractivity contribution in [2.45, 2.75) is 0 Å². The van der Waals surface area contributed by atoms with Crippen LogP contribution in [0.4, 0.5) is 0 Å². The molecule has 0 saturated carbocycles. The first-order valence-electron chi connectivity index (χ1n) is 0.783. The van der Waals surface area contributed by atoms with Crippen LogP contribution in [0, 0.1) is 0 Å². The van der Waals surface area contributed by atoms with Gasteiger partial charge in [-0.25, -0.2) is 0 Å². The largest absolute Gasteiger partial charge is 1.00 e. The molecule has 0 spiro atoms. The van der Waals surface area contributed by atoms with Gasteiger partial charge in [0.15, 0.2) is 0 Å². The fourth-order valence-corrected chi connectivity index (χ4v) is 0. The Labute approximate surface area is 66.9 Å². The zero-order chi connectivity index (χ0) is 4.50. The molecular formula is H4NaO3PSe. The van der Waals surface area contributed by atoms with Crippen molar-refractivity contribution in [3.05, 3.63) is 0 Å². The van der Waals surface area contributed by atoms with Crippen molar-refractivity contribution in [2.75, 3.05) is 0 Å². The van der Waals surface area contributed by atoms with Gasteiger partial charge in [-0.3, -0.25) is 0 Å². The fraction of sp³-hybridized carbons (Fsp3) is 0. The van der Waals surface area contributed by atoms with Crippen molar-refractivity contribution in [1.29, 1.82) is 0 Å². The SMILES string of the molecule is O=P(O)(O)[SeH].[H-].[Na+]. The van der Waals surface area contributed by atoms with Crippen LogP contribution < -0.4 is 29.6 Å². The van der Waals surface area contributed by atoms with Crippen molar-refractivity contribution in [2.24, 2.45) is 0 Å². The number of rotatable bonds is 0. The van der Waals surface area contributed by atoms with Crippen LogP contribution in [-0.4, -0.2) is 25.4 Å². The van der Waals surface area contributed by atoms with E-state index in [1.807, 2.05) is 0 Å². The van der Waals surface area contributed by atoms with E-state index in [1.54, 1.807) is 0 Å². The average Bonchev–Trinajstić information content (AvgIpc) is 0.722. The van der Waals surface area contributed by atoms with Crippen LogP contribution in [0.5, 0.6) is 0 Å². The van der Waals surface area contributed by atoms with E-state index < -0.39 is 6.29 Å². The molecule has 0 aliphatic carbocycles. The maximum absolute atomic E-state index is 9.30. The van der Waals surface area contributed by atoms with Gasteiger partial charge in [0.2, 0.25) is 0 Å². The van der Waals surface area contributed by atoms with Crippen LogP contribution in [0.1, 0.15) is 1.43 Å². The summed E-state index contributed by atoms with van der Waals surface area (Å²) >= 11 is 1.25. The molecule has 0 fully saturated rings. The van der Waals surface area contributed by atoms with E-state index in [2.05, 4.69) is 0 Å². The summed E-state index contributed by atoms with van der Waals surface area (Å²) in [5.74, 6) is 0. The molecule has 0 aromatic heterocycles.